The van der Waals surface area contributed by atoms with Gasteiger partial charge >= 0.3 is 0 Å². The van der Waals surface area contributed by atoms with Gasteiger partial charge in [-0.2, -0.15) is 0 Å². The number of aromatic amines is 2. The number of para-hydroxylation sites is 1. The predicted octanol–water partition coefficient (Wildman–Crippen LogP) is 1.62. The van der Waals surface area contributed by atoms with Crippen LogP contribution in [0.1, 0.15) is 18.3 Å². The van der Waals surface area contributed by atoms with Crippen LogP contribution in [-0.2, 0) is 17.8 Å². The molecule has 0 saturated heterocycles. The Labute approximate surface area is 143 Å². The first kappa shape index (κ1) is 16.5. The van der Waals surface area contributed by atoms with Crippen molar-refractivity contribution in [3.8, 4) is 0 Å². The van der Waals surface area contributed by atoms with Gasteiger partial charge in [0.05, 0.1) is 5.25 Å². The zero-order valence-electron chi connectivity index (χ0n) is 13.2. The molecule has 0 bridgehead atoms. The third-order valence-electron chi connectivity index (χ3n) is 3.68. The predicted molar refractivity (Wildman–Crippen MR) is 92.6 cm³/mol. The van der Waals surface area contributed by atoms with Crippen LogP contribution in [0, 0.1) is 0 Å². The highest BCUT2D eigenvalue weighted by Gasteiger charge is 2.16. The zero-order valence-corrected chi connectivity index (χ0v) is 14.1. The lowest BCUT2D eigenvalue weighted by Gasteiger charge is -2.09. The number of hydrogen-bond donors (Lipinski definition) is 4. The van der Waals surface area contributed by atoms with E-state index in [2.05, 4.69) is 31.5 Å². The van der Waals surface area contributed by atoms with Crippen molar-refractivity contribution < 1.29 is 9.90 Å². The maximum atomic E-state index is 12.2. The summed E-state index contributed by atoms with van der Waals surface area (Å²) in [5.74, 6) is 0.333. The first-order chi connectivity index (χ1) is 11.7. The molecule has 3 aromatic rings. The Hall–Kier alpha value is -2.32. The summed E-state index contributed by atoms with van der Waals surface area (Å²) in [6.45, 7) is 2.18. The molecule has 1 atom stereocenters. The van der Waals surface area contributed by atoms with Crippen LogP contribution in [0.4, 0.5) is 0 Å². The molecule has 3 rings (SSSR count). The third-order valence-corrected chi connectivity index (χ3v) is 4.64. The lowest BCUT2D eigenvalue weighted by Crippen LogP contribution is -2.32. The van der Waals surface area contributed by atoms with Gasteiger partial charge in [0.2, 0.25) is 11.1 Å². The number of nitrogens with one attached hydrogen (secondary N) is 3. The van der Waals surface area contributed by atoms with Crippen molar-refractivity contribution in [2.45, 2.75) is 30.4 Å². The Morgan fingerprint density at radius 1 is 1.42 bits per heavy atom. The minimum absolute atomic E-state index is 0.0600. The van der Waals surface area contributed by atoms with Crippen LogP contribution in [0.3, 0.4) is 0 Å². The molecule has 0 spiro atoms. The van der Waals surface area contributed by atoms with Crippen LogP contribution in [0.25, 0.3) is 10.9 Å². The Morgan fingerprint density at radius 3 is 3.04 bits per heavy atom. The van der Waals surface area contributed by atoms with E-state index in [-0.39, 0.29) is 17.8 Å². The highest BCUT2D eigenvalue weighted by molar-refractivity contribution is 8.00. The Morgan fingerprint density at radius 2 is 2.25 bits per heavy atom. The van der Waals surface area contributed by atoms with Crippen molar-refractivity contribution in [2.24, 2.45) is 0 Å². The molecule has 0 aliphatic heterocycles. The number of aliphatic hydroxyl groups is 1. The maximum absolute atomic E-state index is 12.2. The number of thioether (sulfide) groups is 1. The summed E-state index contributed by atoms with van der Waals surface area (Å²) in [6.07, 6.45) is 2.75. The van der Waals surface area contributed by atoms with Crippen LogP contribution in [0.2, 0.25) is 0 Å². The Bertz CT molecular complexity index is 829. The molecule has 0 fully saturated rings. The van der Waals surface area contributed by atoms with E-state index in [0.717, 1.165) is 11.9 Å². The van der Waals surface area contributed by atoms with Gasteiger partial charge in [-0.05, 0) is 25.0 Å². The summed E-state index contributed by atoms with van der Waals surface area (Å²) in [4.78, 5) is 19.5. The molecular weight excluding hydrogens is 326 g/mol. The number of amides is 1. The van der Waals surface area contributed by atoms with Crippen molar-refractivity contribution in [1.82, 2.24) is 25.5 Å². The SMILES string of the molecule is CC(Sc1n[nH]c(CO)n1)C(=O)NCCc1c[nH]c2ccccc12. The first-order valence-corrected chi connectivity index (χ1v) is 8.57. The van der Waals surface area contributed by atoms with Gasteiger partial charge in [0, 0.05) is 23.6 Å². The van der Waals surface area contributed by atoms with E-state index in [1.165, 1.54) is 22.7 Å². The topological polar surface area (TPSA) is 107 Å². The fraction of sp³-hybridized carbons (Fsp3) is 0.312. The van der Waals surface area contributed by atoms with Gasteiger partial charge < -0.3 is 15.4 Å². The number of nitrogens with zero attached hydrogens (tertiary/aromatic N) is 2. The quantitative estimate of drug-likeness (QED) is 0.487. The average molecular weight is 345 g/mol. The van der Waals surface area contributed by atoms with Crippen LogP contribution in [-0.4, -0.2) is 43.0 Å². The van der Waals surface area contributed by atoms with Gasteiger partial charge in [0.15, 0.2) is 5.82 Å². The molecule has 126 valence electrons. The van der Waals surface area contributed by atoms with Crippen molar-refractivity contribution >= 4 is 28.6 Å². The smallest absolute Gasteiger partial charge is 0.233 e. The van der Waals surface area contributed by atoms with Gasteiger partial charge in [0.1, 0.15) is 6.61 Å². The number of aliphatic hydroxyl groups excluding tert-OH is 1. The van der Waals surface area contributed by atoms with Gasteiger partial charge in [-0.1, -0.05) is 30.0 Å². The lowest BCUT2D eigenvalue weighted by molar-refractivity contribution is -0.120. The van der Waals surface area contributed by atoms with Gasteiger partial charge in [-0.3, -0.25) is 9.89 Å². The summed E-state index contributed by atoms with van der Waals surface area (Å²) < 4.78 is 0. The molecule has 0 aliphatic rings. The largest absolute Gasteiger partial charge is 0.388 e. The standard InChI is InChI=1S/C16H19N5O2S/c1-10(24-16-19-14(9-22)20-21-16)15(23)17-7-6-11-8-18-13-5-3-2-4-12(11)13/h2-5,8,10,18,22H,6-7,9H2,1H3,(H,17,23)(H,19,20,21). The number of carbonyl (C=O) groups excluding carboxylic acids is 1. The summed E-state index contributed by atoms with van der Waals surface area (Å²) in [5, 5.41) is 19.8. The molecular formula is C16H19N5O2S. The van der Waals surface area contributed by atoms with Crippen molar-refractivity contribution in [2.75, 3.05) is 6.54 Å². The number of carbonyl (C=O) groups is 1. The summed E-state index contributed by atoms with van der Waals surface area (Å²) in [5.41, 5.74) is 2.29. The number of benzene rings is 1. The molecule has 0 aliphatic carbocycles. The van der Waals surface area contributed by atoms with E-state index in [9.17, 15) is 4.79 Å². The molecule has 1 aromatic carbocycles. The molecule has 0 saturated carbocycles. The molecule has 1 amide bonds. The third kappa shape index (κ3) is 3.77. The summed E-state index contributed by atoms with van der Waals surface area (Å²) in [7, 11) is 0. The first-order valence-electron chi connectivity index (χ1n) is 7.69. The zero-order chi connectivity index (χ0) is 16.9. The fourth-order valence-electron chi connectivity index (χ4n) is 2.42. The van der Waals surface area contributed by atoms with Gasteiger partial charge in [-0.15, -0.1) is 5.10 Å². The van der Waals surface area contributed by atoms with E-state index in [1.807, 2.05) is 24.4 Å². The number of rotatable bonds is 7. The minimum atomic E-state index is -0.310. The minimum Gasteiger partial charge on any atom is -0.388 e. The van der Waals surface area contributed by atoms with Crippen LogP contribution in [0.5, 0.6) is 0 Å². The average Bonchev–Trinajstić information content (AvgIpc) is 3.22. The number of aromatic nitrogens is 4. The molecule has 2 aromatic heterocycles. The van der Waals surface area contributed by atoms with Gasteiger partial charge in [0.25, 0.3) is 0 Å². The van der Waals surface area contributed by atoms with Crippen LogP contribution >= 0.6 is 11.8 Å². The normalized spacial score (nSPS) is 12.4. The van der Waals surface area contributed by atoms with E-state index >= 15 is 0 Å². The molecule has 4 N–H and O–H groups in total. The van der Waals surface area contributed by atoms with Crippen molar-refractivity contribution in [1.29, 1.82) is 0 Å². The Balaban J connectivity index is 1.49. The number of hydrogen-bond acceptors (Lipinski definition) is 5. The molecule has 24 heavy (non-hydrogen) atoms. The molecule has 1 unspecified atom stereocenters. The second kappa shape index (κ2) is 7.50. The second-order valence-corrected chi connectivity index (χ2v) is 6.69. The van der Waals surface area contributed by atoms with Crippen LogP contribution in [0.15, 0.2) is 35.6 Å². The highest BCUT2D eigenvalue weighted by atomic mass is 32.2. The number of fused-ring (bicyclic) bond motifs is 1. The monoisotopic (exact) mass is 345 g/mol. The van der Waals surface area contributed by atoms with E-state index in [0.29, 0.717) is 17.5 Å². The maximum Gasteiger partial charge on any atom is 0.233 e. The highest BCUT2D eigenvalue weighted by Crippen LogP contribution is 2.20. The molecule has 2 heterocycles. The van der Waals surface area contributed by atoms with E-state index in [1.54, 1.807) is 6.92 Å². The van der Waals surface area contributed by atoms with E-state index < -0.39 is 0 Å². The van der Waals surface area contributed by atoms with Crippen molar-refractivity contribution in [3.05, 3.63) is 41.9 Å². The lowest BCUT2D eigenvalue weighted by atomic mass is 10.1. The van der Waals surface area contributed by atoms with Gasteiger partial charge in [-0.25, -0.2) is 4.98 Å². The molecule has 0 radical (unpaired) electrons. The fourth-order valence-corrected chi connectivity index (χ4v) is 3.18. The number of H-pyrrole nitrogens is 2. The summed E-state index contributed by atoms with van der Waals surface area (Å²) in [6, 6.07) is 8.11. The van der Waals surface area contributed by atoms with Crippen molar-refractivity contribution in [3.63, 3.8) is 0 Å². The second-order valence-electron chi connectivity index (χ2n) is 5.38. The van der Waals surface area contributed by atoms with Crippen LogP contribution < -0.4 is 5.32 Å². The Kier molecular flexibility index (Phi) is 5.17. The summed E-state index contributed by atoms with van der Waals surface area (Å²) >= 11 is 1.26. The molecule has 8 heteroatoms. The molecule has 7 nitrogen and oxygen atoms in total. The van der Waals surface area contributed by atoms with E-state index in [4.69, 9.17) is 5.11 Å².